The van der Waals surface area contributed by atoms with Gasteiger partial charge >= 0.3 is 0 Å². The first-order valence-corrected chi connectivity index (χ1v) is 7.48. The van der Waals surface area contributed by atoms with Gasteiger partial charge in [0.15, 0.2) is 6.10 Å². The summed E-state index contributed by atoms with van der Waals surface area (Å²) in [6, 6.07) is 7.73. The Bertz CT molecular complexity index is 495. The first-order chi connectivity index (χ1) is 9.66. The second-order valence-electron chi connectivity index (χ2n) is 6.09. The lowest BCUT2D eigenvalue weighted by atomic mass is 9.83. The molecule has 20 heavy (non-hydrogen) atoms. The van der Waals surface area contributed by atoms with Crippen molar-refractivity contribution in [3.8, 4) is 5.75 Å². The van der Waals surface area contributed by atoms with Crippen LogP contribution in [0.1, 0.15) is 39.0 Å². The molecular formula is C16H22N2O2. The predicted octanol–water partition coefficient (Wildman–Crippen LogP) is 2.70. The molecular weight excluding hydrogens is 252 g/mol. The molecule has 1 aliphatic heterocycles. The number of fused-ring (bicyclic) bond motifs is 1. The molecule has 0 saturated heterocycles. The van der Waals surface area contributed by atoms with Crippen LogP contribution in [-0.4, -0.2) is 24.1 Å². The van der Waals surface area contributed by atoms with Gasteiger partial charge < -0.3 is 15.4 Å². The van der Waals surface area contributed by atoms with Gasteiger partial charge in [0.2, 0.25) is 0 Å². The van der Waals surface area contributed by atoms with Gasteiger partial charge in [0.05, 0.1) is 12.2 Å². The zero-order valence-electron chi connectivity index (χ0n) is 11.9. The Balaban J connectivity index is 1.64. The maximum Gasteiger partial charge on any atom is 0.263 e. The van der Waals surface area contributed by atoms with Crippen LogP contribution in [0.4, 0.5) is 5.69 Å². The van der Waals surface area contributed by atoms with Gasteiger partial charge in [0.1, 0.15) is 5.75 Å². The fraction of sp³-hybridized carbons (Fsp3) is 0.562. The van der Waals surface area contributed by atoms with E-state index in [1.807, 2.05) is 24.3 Å². The van der Waals surface area contributed by atoms with Crippen LogP contribution in [0.3, 0.4) is 0 Å². The van der Waals surface area contributed by atoms with Crippen molar-refractivity contribution in [2.45, 2.75) is 50.7 Å². The molecule has 0 spiro atoms. The van der Waals surface area contributed by atoms with Gasteiger partial charge in [-0.3, -0.25) is 4.79 Å². The normalized spacial score (nSPS) is 23.9. The molecule has 1 aromatic carbocycles. The molecule has 1 atom stereocenters. The molecule has 108 valence electrons. The second kappa shape index (κ2) is 5.35. The van der Waals surface area contributed by atoms with E-state index >= 15 is 0 Å². The van der Waals surface area contributed by atoms with Gasteiger partial charge in [-0.05, 0) is 31.9 Å². The first kappa shape index (κ1) is 13.3. The Morgan fingerprint density at radius 2 is 2.05 bits per heavy atom. The van der Waals surface area contributed by atoms with Crippen molar-refractivity contribution in [2.24, 2.45) is 0 Å². The van der Waals surface area contributed by atoms with E-state index in [4.69, 9.17) is 4.74 Å². The molecule has 0 bridgehead atoms. The first-order valence-electron chi connectivity index (χ1n) is 7.48. The molecule has 1 heterocycles. The van der Waals surface area contributed by atoms with Gasteiger partial charge in [-0.25, -0.2) is 0 Å². The highest BCUT2D eigenvalue weighted by Gasteiger charge is 2.33. The average Bonchev–Trinajstić information content (AvgIpc) is 2.47. The Labute approximate surface area is 119 Å². The number of rotatable bonds is 2. The van der Waals surface area contributed by atoms with E-state index in [9.17, 15) is 4.79 Å². The van der Waals surface area contributed by atoms with Crippen LogP contribution in [0.15, 0.2) is 24.3 Å². The third-order valence-corrected chi connectivity index (χ3v) is 4.31. The number of para-hydroxylation sites is 2. The Hall–Kier alpha value is -1.71. The molecule has 0 radical (unpaired) electrons. The lowest BCUT2D eigenvalue weighted by Gasteiger charge is -2.36. The fourth-order valence-electron chi connectivity index (χ4n) is 3.09. The van der Waals surface area contributed by atoms with E-state index in [1.165, 1.54) is 19.3 Å². The van der Waals surface area contributed by atoms with Crippen LogP contribution in [0.2, 0.25) is 0 Å². The minimum absolute atomic E-state index is 0.00333. The van der Waals surface area contributed by atoms with Crippen molar-refractivity contribution in [2.75, 3.05) is 11.9 Å². The van der Waals surface area contributed by atoms with E-state index < -0.39 is 6.10 Å². The lowest BCUT2D eigenvalue weighted by Crippen LogP contribution is -2.54. The number of carbonyl (C=O) groups is 1. The monoisotopic (exact) mass is 274 g/mol. The maximum atomic E-state index is 12.4. The number of nitrogens with one attached hydrogen (secondary N) is 2. The highest BCUT2D eigenvalue weighted by Crippen LogP contribution is 2.30. The summed E-state index contributed by atoms with van der Waals surface area (Å²) in [5.74, 6) is 0.754. The summed E-state index contributed by atoms with van der Waals surface area (Å²) in [6.07, 6.45) is 5.36. The number of carbonyl (C=O) groups excluding carboxylic acids is 1. The van der Waals surface area contributed by atoms with Gasteiger partial charge in [0, 0.05) is 5.54 Å². The molecule has 1 saturated carbocycles. The van der Waals surface area contributed by atoms with E-state index in [1.54, 1.807) is 0 Å². The third kappa shape index (κ3) is 2.74. The van der Waals surface area contributed by atoms with Crippen molar-refractivity contribution in [3.05, 3.63) is 24.3 Å². The average molecular weight is 274 g/mol. The lowest BCUT2D eigenvalue weighted by molar-refractivity contribution is -0.129. The summed E-state index contributed by atoms with van der Waals surface area (Å²) in [5, 5.41) is 6.45. The maximum absolute atomic E-state index is 12.4. The Morgan fingerprint density at radius 3 is 2.85 bits per heavy atom. The molecule has 4 nitrogen and oxygen atoms in total. The van der Waals surface area contributed by atoms with Crippen LogP contribution in [0.5, 0.6) is 5.75 Å². The van der Waals surface area contributed by atoms with Gasteiger partial charge in [0.25, 0.3) is 5.91 Å². The van der Waals surface area contributed by atoms with Crippen LogP contribution >= 0.6 is 0 Å². The summed E-state index contributed by atoms with van der Waals surface area (Å²) < 4.78 is 5.81. The summed E-state index contributed by atoms with van der Waals surface area (Å²) in [4.78, 5) is 12.4. The van der Waals surface area contributed by atoms with Crippen LogP contribution < -0.4 is 15.4 Å². The topological polar surface area (TPSA) is 50.4 Å². The molecule has 3 rings (SSSR count). The summed E-state index contributed by atoms with van der Waals surface area (Å²) in [6.45, 7) is 2.67. The molecule has 1 aromatic rings. The summed E-state index contributed by atoms with van der Waals surface area (Å²) in [7, 11) is 0. The smallest absolute Gasteiger partial charge is 0.263 e. The fourth-order valence-corrected chi connectivity index (χ4v) is 3.09. The largest absolute Gasteiger partial charge is 0.477 e. The quantitative estimate of drug-likeness (QED) is 0.872. The van der Waals surface area contributed by atoms with Gasteiger partial charge in [-0.2, -0.15) is 0 Å². The minimum Gasteiger partial charge on any atom is -0.477 e. The SMILES string of the molecule is CC1(NC(=O)C2CNc3ccccc3O2)CCCCC1. The predicted molar refractivity (Wildman–Crippen MR) is 79.0 cm³/mol. The Kier molecular flexibility index (Phi) is 3.55. The second-order valence-corrected chi connectivity index (χ2v) is 6.09. The molecule has 1 aliphatic carbocycles. The van der Waals surface area contributed by atoms with Crippen LogP contribution in [0.25, 0.3) is 0 Å². The minimum atomic E-state index is -0.441. The van der Waals surface area contributed by atoms with Crippen molar-refractivity contribution >= 4 is 11.6 Å². The molecule has 1 fully saturated rings. The molecule has 2 N–H and O–H groups in total. The van der Waals surface area contributed by atoms with E-state index in [0.29, 0.717) is 6.54 Å². The number of anilines is 1. The summed E-state index contributed by atoms with van der Waals surface area (Å²) in [5.41, 5.74) is 0.899. The standard InChI is InChI=1S/C16H22N2O2/c1-16(9-5-2-6-10-16)18-15(19)14-11-17-12-7-3-4-8-13(12)20-14/h3-4,7-8,14,17H,2,5-6,9-11H2,1H3,(H,18,19). The van der Waals surface area contributed by atoms with E-state index in [2.05, 4.69) is 17.6 Å². The zero-order chi connectivity index (χ0) is 14.0. The number of hydrogen-bond donors (Lipinski definition) is 2. The molecule has 4 heteroatoms. The molecule has 0 aromatic heterocycles. The number of amides is 1. The van der Waals surface area contributed by atoms with E-state index in [0.717, 1.165) is 24.3 Å². The van der Waals surface area contributed by atoms with Gasteiger partial charge in [-0.1, -0.05) is 31.4 Å². The number of ether oxygens (including phenoxy) is 1. The summed E-state index contributed by atoms with van der Waals surface area (Å²) >= 11 is 0. The van der Waals surface area contributed by atoms with Crippen molar-refractivity contribution in [1.82, 2.24) is 5.32 Å². The highest BCUT2D eigenvalue weighted by molar-refractivity contribution is 5.83. The van der Waals surface area contributed by atoms with E-state index in [-0.39, 0.29) is 11.4 Å². The molecule has 1 unspecified atom stereocenters. The number of hydrogen-bond acceptors (Lipinski definition) is 3. The zero-order valence-corrected chi connectivity index (χ0v) is 11.9. The van der Waals surface area contributed by atoms with Crippen molar-refractivity contribution in [3.63, 3.8) is 0 Å². The third-order valence-electron chi connectivity index (χ3n) is 4.31. The molecule has 2 aliphatic rings. The van der Waals surface area contributed by atoms with Crippen LogP contribution in [-0.2, 0) is 4.79 Å². The Morgan fingerprint density at radius 1 is 1.30 bits per heavy atom. The highest BCUT2D eigenvalue weighted by atomic mass is 16.5. The molecule has 1 amide bonds. The van der Waals surface area contributed by atoms with Gasteiger partial charge in [-0.15, -0.1) is 0 Å². The van der Waals surface area contributed by atoms with Crippen molar-refractivity contribution < 1.29 is 9.53 Å². The number of benzene rings is 1. The van der Waals surface area contributed by atoms with Crippen molar-refractivity contribution in [1.29, 1.82) is 0 Å². The van der Waals surface area contributed by atoms with Crippen LogP contribution in [0, 0.1) is 0 Å².